The first-order valence-electron chi connectivity index (χ1n) is 5.87. The monoisotopic (exact) mass is 244 g/mol. The van der Waals surface area contributed by atoms with Crippen molar-refractivity contribution in [2.45, 2.75) is 23.7 Å². The lowest BCUT2D eigenvalue weighted by Crippen LogP contribution is -2.26. The molecule has 1 aliphatic carbocycles. The summed E-state index contributed by atoms with van der Waals surface area (Å²) in [6, 6.07) is 9.59. The zero-order valence-electron chi connectivity index (χ0n) is 9.82. The summed E-state index contributed by atoms with van der Waals surface area (Å²) in [7, 11) is 1.63. The second-order valence-electron chi connectivity index (χ2n) is 4.62. The highest BCUT2D eigenvalue weighted by molar-refractivity contribution is 5.37. The smallest absolute Gasteiger partial charge is 0.228 e. The van der Waals surface area contributed by atoms with E-state index in [2.05, 4.69) is 10.2 Å². The molecule has 1 aromatic carbocycles. The molecule has 0 radical (unpaired) electrons. The first kappa shape index (κ1) is 10.4. The third-order valence-electron chi connectivity index (χ3n) is 3.54. The lowest BCUT2D eigenvalue weighted by Gasteiger charge is -2.09. The molecule has 2 heterocycles. The number of epoxide rings is 2. The molecule has 1 aromatic rings. The molecule has 0 spiro atoms. The quantitative estimate of drug-likeness (QED) is 0.465. The van der Waals surface area contributed by atoms with Gasteiger partial charge in [0.25, 0.3) is 0 Å². The second-order valence-corrected chi connectivity index (χ2v) is 4.62. The number of azo groups is 1. The van der Waals surface area contributed by atoms with Gasteiger partial charge < -0.3 is 14.2 Å². The fourth-order valence-electron chi connectivity index (χ4n) is 2.37. The Hall–Kier alpha value is -1.56. The summed E-state index contributed by atoms with van der Waals surface area (Å²) in [5.74, 6) is -0.576. The molecule has 0 bridgehead atoms. The largest absolute Gasteiger partial charge is 0.348 e. The first-order valence-corrected chi connectivity index (χ1v) is 5.87. The fourth-order valence-corrected chi connectivity index (χ4v) is 2.37. The van der Waals surface area contributed by atoms with Crippen molar-refractivity contribution in [1.29, 1.82) is 0 Å². The van der Waals surface area contributed by atoms with Gasteiger partial charge in [-0.05, 0) is 24.3 Å². The minimum atomic E-state index is -0.640. The van der Waals surface area contributed by atoms with Gasteiger partial charge in [0.2, 0.25) is 11.5 Å². The third-order valence-corrected chi connectivity index (χ3v) is 3.54. The average Bonchev–Trinajstić information content (AvgIpc) is 3.29. The van der Waals surface area contributed by atoms with Crippen molar-refractivity contribution in [1.82, 2.24) is 0 Å². The molecule has 4 atom stereocenters. The van der Waals surface area contributed by atoms with E-state index in [9.17, 15) is 0 Å². The summed E-state index contributed by atoms with van der Waals surface area (Å²) in [5.41, 5.74) is 0.175. The van der Waals surface area contributed by atoms with Gasteiger partial charge >= 0.3 is 0 Å². The minimum absolute atomic E-state index is 0.0535. The molecule has 92 valence electrons. The number of benzene rings is 1. The first-order chi connectivity index (χ1) is 8.78. The lowest BCUT2D eigenvalue weighted by atomic mass is 10.0. The molecule has 2 fully saturated rings. The van der Waals surface area contributed by atoms with Crippen molar-refractivity contribution in [2.24, 2.45) is 10.2 Å². The molecular weight excluding hydrogens is 232 g/mol. The van der Waals surface area contributed by atoms with Crippen molar-refractivity contribution in [3.63, 3.8) is 0 Å². The van der Waals surface area contributed by atoms with Gasteiger partial charge in [0.05, 0.1) is 5.69 Å². The van der Waals surface area contributed by atoms with Crippen molar-refractivity contribution < 1.29 is 14.2 Å². The van der Waals surface area contributed by atoms with Gasteiger partial charge in [-0.1, -0.05) is 18.2 Å². The molecule has 18 heavy (non-hydrogen) atoms. The molecule has 2 aliphatic heterocycles. The zero-order chi connectivity index (χ0) is 12.2. The summed E-state index contributed by atoms with van der Waals surface area (Å²) in [6.07, 6.45) is 3.61. The van der Waals surface area contributed by atoms with Gasteiger partial charge in [-0.15, -0.1) is 5.11 Å². The Kier molecular flexibility index (Phi) is 1.88. The summed E-state index contributed by atoms with van der Waals surface area (Å²) < 4.78 is 16.4. The average molecular weight is 244 g/mol. The fraction of sp³-hybridized carbons (Fsp3) is 0.385. The van der Waals surface area contributed by atoms with Crippen LogP contribution in [0.3, 0.4) is 0 Å². The Morgan fingerprint density at radius 3 is 2.72 bits per heavy atom. The Labute approximate surface area is 104 Å². The molecule has 5 heteroatoms. The zero-order valence-corrected chi connectivity index (χ0v) is 9.82. The minimum Gasteiger partial charge on any atom is -0.348 e. The molecular formula is C13H12N2O3. The molecule has 0 saturated carbocycles. The van der Waals surface area contributed by atoms with Gasteiger partial charge in [0, 0.05) is 7.11 Å². The van der Waals surface area contributed by atoms with Gasteiger partial charge in [0.15, 0.2) is 6.10 Å². The van der Waals surface area contributed by atoms with Crippen LogP contribution >= 0.6 is 0 Å². The van der Waals surface area contributed by atoms with E-state index in [1.165, 1.54) is 0 Å². The van der Waals surface area contributed by atoms with E-state index in [4.69, 9.17) is 14.2 Å². The maximum absolute atomic E-state index is 5.62. The van der Waals surface area contributed by atoms with Gasteiger partial charge in [-0.25, -0.2) is 0 Å². The van der Waals surface area contributed by atoms with Gasteiger partial charge in [-0.3, -0.25) is 0 Å². The van der Waals surface area contributed by atoms with Crippen LogP contribution in [-0.4, -0.2) is 30.8 Å². The molecule has 0 amide bonds. The number of hydrogen-bond acceptors (Lipinski definition) is 5. The van der Waals surface area contributed by atoms with E-state index >= 15 is 0 Å². The molecule has 0 aromatic heterocycles. The van der Waals surface area contributed by atoms with Crippen LogP contribution < -0.4 is 0 Å². The number of hydrogen-bond donors (Lipinski definition) is 0. The highest BCUT2D eigenvalue weighted by atomic mass is 16.8. The number of nitrogens with zero attached hydrogens (tertiary/aromatic N) is 2. The predicted octanol–water partition coefficient (Wildman–Crippen LogP) is 2.18. The van der Waals surface area contributed by atoms with Crippen LogP contribution in [0.25, 0.3) is 0 Å². The molecule has 5 nitrogen and oxygen atoms in total. The molecule has 2 saturated heterocycles. The van der Waals surface area contributed by atoms with Gasteiger partial charge in [0.1, 0.15) is 6.10 Å². The Bertz CT molecular complexity index is 544. The summed E-state index contributed by atoms with van der Waals surface area (Å²) >= 11 is 0. The van der Waals surface area contributed by atoms with Crippen LogP contribution in [0.15, 0.2) is 52.7 Å². The van der Waals surface area contributed by atoms with Crippen LogP contribution in [-0.2, 0) is 14.2 Å². The maximum Gasteiger partial charge on any atom is 0.228 e. The highest BCUT2D eigenvalue weighted by Gasteiger charge is 2.76. The number of methoxy groups -OCH3 is 1. The molecule has 4 rings (SSSR count). The number of rotatable bonds is 3. The Morgan fingerprint density at radius 1 is 1.11 bits per heavy atom. The Balaban J connectivity index is 1.57. The highest BCUT2D eigenvalue weighted by Crippen LogP contribution is 2.58. The topological polar surface area (TPSA) is 59.0 Å². The van der Waals surface area contributed by atoms with Crippen molar-refractivity contribution >= 4 is 5.69 Å². The van der Waals surface area contributed by atoms with Crippen molar-refractivity contribution in [3.05, 3.63) is 42.5 Å². The predicted molar refractivity (Wildman–Crippen MR) is 62.3 cm³/mol. The van der Waals surface area contributed by atoms with Crippen LogP contribution in [0.5, 0.6) is 0 Å². The summed E-state index contributed by atoms with van der Waals surface area (Å²) in [4.78, 5) is 0. The summed E-state index contributed by atoms with van der Waals surface area (Å²) in [5, 5.41) is 8.48. The lowest BCUT2D eigenvalue weighted by molar-refractivity contribution is 0.0294. The van der Waals surface area contributed by atoms with Crippen LogP contribution in [0.2, 0.25) is 0 Å². The molecule has 0 N–H and O–H groups in total. The van der Waals surface area contributed by atoms with Crippen LogP contribution in [0.1, 0.15) is 0 Å². The van der Waals surface area contributed by atoms with E-state index in [1.807, 2.05) is 42.5 Å². The van der Waals surface area contributed by atoms with Crippen LogP contribution in [0.4, 0.5) is 5.69 Å². The standard InChI is InChI=1S/C13H12N2O3/c1-16-13-8-7-12(10(17-12)11(13)18-13)15-14-9-5-3-2-4-6-9/h2-8,10-11H,1H3. The Morgan fingerprint density at radius 2 is 1.94 bits per heavy atom. The van der Waals surface area contributed by atoms with Gasteiger partial charge in [-0.2, -0.15) is 5.11 Å². The molecule has 3 aliphatic rings. The SMILES string of the molecule is COC12C=CC3(N=Nc4ccccc4)OC3C1O2. The maximum atomic E-state index is 5.62. The third kappa shape index (κ3) is 1.32. The van der Waals surface area contributed by atoms with E-state index in [0.717, 1.165) is 5.69 Å². The van der Waals surface area contributed by atoms with E-state index < -0.39 is 11.5 Å². The molecule has 4 unspecified atom stereocenters. The van der Waals surface area contributed by atoms with Crippen LogP contribution in [0, 0.1) is 0 Å². The van der Waals surface area contributed by atoms with E-state index in [1.54, 1.807) is 7.11 Å². The normalized spacial score (nSPS) is 43.6. The van der Waals surface area contributed by atoms with E-state index in [0.29, 0.717) is 0 Å². The van der Waals surface area contributed by atoms with E-state index in [-0.39, 0.29) is 12.2 Å². The summed E-state index contributed by atoms with van der Waals surface area (Å²) in [6.45, 7) is 0. The number of fused-ring (bicyclic) bond motifs is 3. The number of ether oxygens (including phenoxy) is 3. The second kappa shape index (κ2) is 3.26. The van der Waals surface area contributed by atoms with Crippen molar-refractivity contribution in [2.75, 3.05) is 7.11 Å². The van der Waals surface area contributed by atoms with Crippen molar-refractivity contribution in [3.8, 4) is 0 Å².